The zero-order valence-electron chi connectivity index (χ0n) is 22.0. The molecule has 0 bridgehead atoms. The molecule has 32 heavy (non-hydrogen) atoms. The second-order valence-corrected chi connectivity index (χ2v) is 14.9. The van der Waals surface area contributed by atoms with Gasteiger partial charge in [-0.15, -0.1) is 0 Å². The Balaban J connectivity index is 1.59. The molecule has 0 heterocycles. The highest BCUT2D eigenvalue weighted by molar-refractivity contribution is 5.22. The smallest absolute Gasteiger partial charge is 0.0594 e. The number of hydrogen-bond acceptors (Lipinski definition) is 2. The molecule has 0 amide bonds. The van der Waals surface area contributed by atoms with Gasteiger partial charge in [0.2, 0.25) is 0 Å². The van der Waals surface area contributed by atoms with Gasteiger partial charge in [0.1, 0.15) is 0 Å². The molecule has 0 aliphatic heterocycles. The van der Waals surface area contributed by atoms with Gasteiger partial charge in [-0.1, -0.05) is 53.7 Å². The van der Waals surface area contributed by atoms with Crippen molar-refractivity contribution in [2.45, 2.75) is 118 Å². The maximum Gasteiger partial charge on any atom is 0.0594 e. The maximum atomic E-state index is 12.0. The Bertz CT molecular complexity index is 801. The third kappa shape index (κ3) is 2.66. The molecule has 5 aliphatic carbocycles. The first-order valence-electron chi connectivity index (χ1n) is 13.7. The molecule has 0 unspecified atom stereocenters. The molecule has 0 aromatic heterocycles. The summed E-state index contributed by atoms with van der Waals surface area (Å²) in [6.45, 7) is 21.6. The van der Waals surface area contributed by atoms with E-state index in [2.05, 4.69) is 55.0 Å². The molecular formula is C30H50O2. The quantitative estimate of drug-likeness (QED) is 0.429. The molecule has 182 valence electrons. The predicted octanol–water partition coefficient (Wildman–Crippen LogP) is 7.00. The Kier molecular flexibility index (Phi) is 5.02. The first-order chi connectivity index (χ1) is 14.7. The summed E-state index contributed by atoms with van der Waals surface area (Å²) in [6.07, 6.45) is 10.2. The first-order valence-corrected chi connectivity index (χ1v) is 13.7. The summed E-state index contributed by atoms with van der Waals surface area (Å²) in [5, 5.41) is 22.9. The fraction of sp³-hybridized carbons (Fsp3) is 0.933. The zero-order valence-corrected chi connectivity index (χ0v) is 22.0. The highest BCUT2D eigenvalue weighted by atomic mass is 16.3. The summed E-state index contributed by atoms with van der Waals surface area (Å²) in [4.78, 5) is 0. The molecule has 0 aromatic carbocycles. The minimum absolute atomic E-state index is 0.0621. The van der Waals surface area contributed by atoms with Gasteiger partial charge >= 0.3 is 0 Å². The van der Waals surface area contributed by atoms with E-state index in [9.17, 15) is 10.2 Å². The van der Waals surface area contributed by atoms with Crippen LogP contribution in [0.5, 0.6) is 0 Å². The molecule has 11 atom stereocenters. The molecule has 0 saturated heterocycles. The monoisotopic (exact) mass is 442 g/mol. The fourth-order valence-corrected chi connectivity index (χ4v) is 11.5. The molecule has 2 heteroatoms. The summed E-state index contributed by atoms with van der Waals surface area (Å²) in [6, 6.07) is 0. The van der Waals surface area contributed by atoms with Gasteiger partial charge in [-0.25, -0.2) is 0 Å². The van der Waals surface area contributed by atoms with Gasteiger partial charge in [0.15, 0.2) is 0 Å². The van der Waals surface area contributed by atoms with E-state index in [1.807, 2.05) is 0 Å². The van der Waals surface area contributed by atoms with Crippen LogP contribution in [-0.4, -0.2) is 22.4 Å². The van der Waals surface area contributed by atoms with Crippen LogP contribution in [0.4, 0.5) is 0 Å². The van der Waals surface area contributed by atoms with Crippen molar-refractivity contribution in [3.8, 4) is 0 Å². The predicted molar refractivity (Wildman–Crippen MR) is 132 cm³/mol. The lowest BCUT2D eigenvalue weighted by atomic mass is 9.32. The van der Waals surface area contributed by atoms with Crippen molar-refractivity contribution >= 4 is 0 Å². The van der Waals surface area contributed by atoms with E-state index >= 15 is 0 Å². The summed E-state index contributed by atoms with van der Waals surface area (Å²) < 4.78 is 0. The molecule has 2 nitrogen and oxygen atoms in total. The zero-order chi connectivity index (χ0) is 23.5. The molecule has 5 rings (SSSR count). The largest absolute Gasteiger partial charge is 0.393 e. The molecule has 2 N–H and O–H groups in total. The third-order valence-electron chi connectivity index (χ3n) is 13.4. The van der Waals surface area contributed by atoms with E-state index in [1.54, 1.807) is 0 Å². The number of fused-ring (bicyclic) bond motifs is 7. The van der Waals surface area contributed by atoms with Crippen molar-refractivity contribution in [1.82, 2.24) is 0 Å². The molecule has 5 saturated carbocycles. The van der Waals surface area contributed by atoms with E-state index in [0.29, 0.717) is 35.0 Å². The van der Waals surface area contributed by atoms with E-state index in [1.165, 1.54) is 44.1 Å². The van der Waals surface area contributed by atoms with Crippen LogP contribution in [0.25, 0.3) is 0 Å². The molecule has 5 fully saturated rings. The molecule has 5 aliphatic rings. The number of aliphatic hydroxyl groups excluding tert-OH is 2. The van der Waals surface area contributed by atoms with Gasteiger partial charge in [0.05, 0.1) is 12.2 Å². The summed E-state index contributed by atoms with van der Waals surface area (Å²) in [5.74, 6) is 2.75. The Morgan fingerprint density at radius 1 is 0.812 bits per heavy atom. The molecule has 0 radical (unpaired) electrons. The van der Waals surface area contributed by atoms with Crippen LogP contribution < -0.4 is 0 Å². The standard InChI is InChI=1S/C30H50O2/c1-18(2)19-9-12-27(5)15-16-29(7)20(24(19)27)17-21(31)25-28(6)13-11-23(32)26(3,4)22(28)10-14-30(25,29)8/h19-25,31-32H,1,9-17H2,2-8H3/t19-,20+,21+,22+,23-,24-,25+,27+,28-,29+,30+/m0/s1. The average molecular weight is 443 g/mol. The van der Waals surface area contributed by atoms with Crippen molar-refractivity contribution in [1.29, 1.82) is 0 Å². The van der Waals surface area contributed by atoms with Crippen LogP contribution in [0.3, 0.4) is 0 Å². The fourth-order valence-electron chi connectivity index (χ4n) is 11.5. The molecular weight excluding hydrogens is 392 g/mol. The van der Waals surface area contributed by atoms with Crippen molar-refractivity contribution in [2.75, 3.05) is 0 Å². The second-order valence-electron chi connectivity index (χ2n) is 14.9. The van der Waals surface area contributed by atoms with Gasteiger partial charge < -0.3 is 10.2 Å². The topological polar surface area (TPSA) is 40.5 Å². The van der Waals surface area contributed by atoms with Gasteiger partial charge in [-0.3, -0.25) is 0 Å². The lowest BCUT2D eigenvalue weighted by Crippen LogP contribution is -2.69. The lowest BCUT2D eigenvalue weighted by molar-refractivity contribution is -0.275. The Hall–Kier alpha value is -0.340. The SMILES string of the molecule is C=C(C)[C@@H]1CC[C@]2(C)CC[C@]3(C)[C@H](C[C@@H](O)[C@@H]4[C@@]5(C)CC[C@H](O)C(C)(C)[C@H]5CC[C@]43C)[C@H]12. The van der Waals surface area contributed by atoms with Crippen LogP contribution in [0.2, 0.25) is 0 Å². The second kappa shape index (κ2) is 6.87. The lowest BCUT2D eigenvalue weighted by Gasteiger charge is -2.73. The highest BCUT2D eigenvalue weighted by Gasteiger charge is 2.72. The van der Waals surface area contributed by atoms with Gasteiger partial charge in [0, 0.05) is 0 Å². The Morgan fingerprint density at radius 3 is 2.16 bits per heavy atom. The normalized spacial score (nSPS) is 58.8. The first kappa shape index (κ1) is 23.4. The Morgan fingerprint density at radius 2 is 1.50 bits per heavy atom. The number of hydrogen-bond donors (Lipinski definition) is 2. The summed E-state index contributed by atoms with van der Waals surface area (Å²) >= 11 is 0. The Labute approximate surface area is 197 Å². The maximum absolute atomic E-state index is 12.0. The van der Waals surface area contributed by atoms with Crippen LogP contribution in [0, 0.1) is 56.7 Å². The minimum atomic E-state index is -0.217. The van der Waals surface area contributed by atoms with Crippen molar-refractivity contribution in [3.63, 3.8) is 0 Å². The third-order valence-corrected chi connectivity index (χ3v) is 13.4. The highest BCUT2D eigenvalue weighted by Crippen LogP contribution is 2.77. The van der Waals surface area contributed by atoms with Gasteiger partial charge in [-0.2, -0.15) is 0 Å². The van der Waals surface area contributed by atoms with E-state index in [0.717, 1.165) is 19.3 Å². The summed E-state index contributed by atoms with van der Waals surface area (Å²) in [7, 11) is 0. The number of rotatable bonds is 1. The average Bonchev–Trinajstić information content (AvgIpc) is 3.05. The van der Waals surface area contributed by atoms with E-state index < -0.39 is 0 Å². The van der Waals surface area contributed by atoms with Gasteiger partial charge in [-0.05, 0) is 121 Å². The van der Waals surface area contributed by atoms with Crippen LogP contribution in [0.15, 0.2) is 12.2 Å². The van der Waals surface area contributed by atoms with Crippen LogP contribution in [0.1, 0.15) is 106 Å². The van der Waals surface area contributed by atoms with Crippen LogP contribution in [-0.2, 0) is 0 Å². The van der Waals surface area contributed by atoms with Crippen molar-refractivity contribution < 1.29 is 10.2 Å². The van der Waals surface area contributed by atoms with Crippen molar-refractivity contribution in [2.24, 2.45) is 56.7 Å². The van der Waals surface area contributed by atoms with E-state index in [4.69, 9.17) is 0 Å². The number of aliphatic hydroxyl groups is 2. The molecule has 0 spiro atoms. The molecule has 0 aromatic rings. The van der Waals surface area contributed by atoms with Gasteiger partial charge in [0.25, 0.3) is 0 Å². The minimum Gasteiger partial charge on any atom is -0.393 e. The van der Waals surface area contributed by atoms with Crippen molar-refractivity contribution in [3.05, 3.63) is 12.2 Å². The van der Waals surface area contributed by atoms with E-state index in [-0.39, 0.29) is 33.9 Å². The van der Waals surface area contributed by atoms with Crippen LogP contribution >= 0.6 is 0 Å². The summed E-state index contributed by atoms with van der Waals surface area (Å²) in [5.41, 5.74) is 2.31. The number of allylic oxidation sites excluding steroid dienone is 1.